The summed E-state index contributed by atoms with van der Waals surface area (Å²) in [6, 6.07) is 5.90. The average Bonchev–Trinajstić information content (AvgIpc) is 3.05. The van der Waals surface area contributed by atoms with E-state index in [-0.39, 0.29) is 17.2 Å². The van der Waals surface area contributed by atoms with Crippen molar-refractivity contribution in [1.82, 2.24) is 9.80 Å². The highest BCUT2D eigenvalue weighted by Gasteiger charge is 2.42. The van der Waals surface area contributed by atoms with Gasteiger partial charge < -0.3 is 26.0 Å². The molecule has 5 N–H and O–H groups in total. The maximum Gasteiger partial charge on any atom is 0.253 e. The first-order valence-electron chi connectivity index (χ1n) is 12.3. The Morgan fingerprint density at radius 3 is 2.36 bits per heavy atom. The molecule has 0 aromatic heterocycles. The van der Waals surface area contributed by atoms with Gasteiger partial charge in [-0.25, -0.2) is 0 Å². The Kier molecular flexibility index (Phi) is 8.73. The minimum atomic E-state index is -1.37. The molecule has 0 saturated carbocycles. The predicted molar refractivity (Wildman–Crippen MR) is 126 cm³/mol. The third-order valence-corrected chi connectivity index (χ3v) is 7.69. The fraction of sp³-hybridized carbons (Fsp3) is 0.680. The van der Waals surface area contributed by atoms with Crippen molar-refractivity contribution in [2.75, 3.05) is 26.2 Å². The summed E-state index contributed by atoms with van der Waals surface area (Å²) in [5.41, 5.74) is 6.37. The van der Waals surface area contributed by atoms with Gasteiger partial charge in [-0.2, -0.15) is 0 Å². The highest BCUT2D eigenvalue weighted by Crippen LogP contribution is 2.45. The number of carbonyl (C=O) groups is 2. The number of benzene rings is 1. The van der Waals surface area contributed by atoms with Crippen molar-refractivity contribution in [3.63, 3.8) is 0 Å². The summed E-state index contributed by atoms with van der Waals surface area (Å²) in [4.78, 5) is 28.5. The number of fused-ring (bicyclic) bond motifs is 2. The molecule has 2 amide bonds. The van der Waals surface area contributed by atoms with Crippen molar-refractivity contribution in [2.45, 2.75) is 76.5 Å². The van der Waals surface area contributed by atoms with Crippen molar-refractivity contribution in [3.8, 4) is 5.75 Å². The maximum atomic E-state index is 12.7. The molecule has 0 spiro atoms. The largest absolute Gasteiger partial charge is 0.507 e. The van der Waals surface area contributed by atoms with Crippen molar-refractivity contribution in [2.24, 2.45) is 11.7 Å². The molecular weight excluding hydrogens is 422 g/mol. The van der Waals surface area contributed by atoms with Crippen molar-refractivity contribution in [3.05, 3.63) is 29.3 Å². The van der Waals surface area contributed by atoms with Crippen molar-refractivity contribution in [1.29, 1.82) is 0 Å². The third kappa shape index (κ3) is 5.67. The van der Waals surface area contributed by atoms with Gasteiger partial charge >= 0.3 is 0 Å². The fourth-order valence-electron chi connectivity index (χ4n) is 5.66. The molecule has 1 aromatic rings. The molecule has 2 bridgehead atoms. The number of piperidine rings is 1. The monoisotopic (exact) mass is 461 g/mol. The Balaban J connectivity index is 1.68. The van der Waals surface area contributed by atoms with E-state index in [0.29, 0.717) is 31.1 Å². The minimum Gasteiger partial charge on any atom is -0.507 e. The first kappa shape index (κ1) is 25.5. The summed E-state index contributed by atoms with van der Waals surface area (Å²) in [5.74, 6) is -0.496. The van der Waals surface area contributed by atoms with Gasteiger partial charge in [0, 0.05) is 31.7 Å². The molecule has 33 heavy (non-hydrogen) atoms. The molecule has 1 aromatic carbocycles. The number of aliphatic hydroxyl groups excluding tert-OH is 2. The van der Waals surface area contributed by atoms with E-state index in [9.17, 15) is 24.9 Å². The van der Waals surface area contributed by atoms with Crippen LogP contribution in [0.3, 0.4) is 0 Å². The van der Waals surface area contributed by atoms with E-state index in [2.05, 4.69) is 18.7 Å². The number of aliphatic hydroxyl groups is 2. The molecular formula is C25H39N3O5. The Hall–Kier alpha value is -2.16. The lowest BCUT2D eigenvalue weighted by molar-refractivity contribution is -0.143. The number of amides is 2. The van der Waals surface area contributed by atoms with Gasteiger partial charge in [-0.05, 0) is 49.1 Å². The summed E-state index contributed by atoms with van der Waals surface area (Å²) < 4.78 is 0. The topological polar surface area (TPSA) is 127 Å². The number of rotatable bonds is 11. The second-order valence-electron chi connectivity index (χ2n) is 9.56. The molecule has 2 saturated heterocycles. The summed E-state index contributed by atoms with van der Waals surface area (Å²) in [6.07, 6.45) is 4.44. The molecule has 3 unspecified atom stereocenters. The summed E-state index contributed by atoms with van der Waals surface area (Å²) in [6.45, 7) is 5.47. The number of carbonyl (C=O) groups excluding carboxylic acids is 2. The molecule has 2 fully saturated rings. The molecule has 8 nitrogen and oxygen atoms in total. The van der Waals surface area contributed by atoms with Crippen LogP contribution in [0.5, 0.6) is 5.75 Å². The van der Waals surface area contributed by atoms with Gasteiger partial charge in [0.1, 0.15) is 5.75 Å². The average molecular weight is 462 g/mol. The van der Waals surface area contributed by atoms with Crippen LogP contribution in [0.4, 0.5) is 0 Å². The SMILES string of the molecule is CCC(CC)CN(CCN1C2CCC1CC(c1cccc(C(N)=O)c1O)C2)C(=O)C(O)CO. The van der Waals surface area contributed by atoms with E-state index in [4.69, 9.17) is 5.73 Å². The molecule has 2 aliphatic rings. The Morgan fingerprint density at radius 2 is 1.82 bits per heavy atom. The first-order valence-corrected chi connectivity index (χ1v) is 12.3. The number of hydrogen-bond donors (Lipinski definition) is 4. The van der Waals surface area contributed by atoms with E-state index in [0.717, 1.165) is 50.6 Å². The van der Waals surface area contributed by atoms with Gasteiger partial charge in [0.25, 0.3) is 11.8 Å². The summed E-state index contributed by atoms with van der Waals surface area (Å²) >= 11 is 0. The van der Waals surface area contributed by atoms with E-state index >= 15 is 0 Å². The van der Waals surface area contributed by atoms with E-state index in [1.165, 1.54) is 0 Å². The summed E-state index contributed by atoms with van der Waals surface area (Å²) in [5, 5.41) is 29.8. The molecule has 8 heteroatoms. The van der Waals surface area contributed by atoms with Crippen LogP contribution in [0.2, 0.25) is 0 Å². The maximum absolute atomic E-state index is 12.7. The molecule has 3 rings (SSSR count). The second kappa shape index (κ2) is 11.3. The number of primary amides is 1. The van der Waals surface area contributed by atoms with Crippen LogP contribution in [0.1, 0.15) is 74.2 Å². The lowest BCUT2D eigenvalue weighted by Gasteiger charge is -2.40. The first-order chi connectivity index (χ1) is 15.8. The molecule has 0 radical (unpaired) electrons. The van der Waals surface area contributed by atoms with Crippen molar-refractivity contribution < 1.29 is 24.9 Å². The highest BCUT2D eigenvalue weighted by atomic mass is 16.3. The minimum absolute atomic E-state index is 0.00258. The number of nitrogens with zero attached hydrogens (tertiary/aromatic N) is 2. The van der Waals surface area contributed by atoms with E-state index < -0.39 is 24.5 Å². The zero-order valence-electron chi connectivity index (χ0n) is 19.8. The highest BCUT2D eigenvalue weighted by molar-refractivity contribution is 5.96. The quantitative estimate of drug-likeness (QED) is 0.398. The number of para-hydroxylation sites is 1. The fourth-order valence-corrected chi connectivity index (χ4v) is 5.66. The number of hydrogen-bond acceptors (Lipinski definition) is 6. The Labute approximate surface area is 196 Å². The van der Waals surface area contributed by atoms with Gasteiger partial charge in [0.05, 0.1) is 12.2 Å². The summed E-state index contributed by atoms with van der Waals surface area (Å²) in [7, 11) is 0. The van der Waals surface area contributed by atoms with Crippen LogP contribution >= 0.6 is 0 Å². The smallest absolute Gasteiger partial charge is 0.253 e. The third-order valence-electron chi connectivity index (χ3n) is 7.69. The van der Waals surface area contributed by atoms with Crippen LogP contribution in [-0.2, 0) is 4.79 Å². The van der Waals surface area contributed by atoms with Crippen LogP contribution in [0.15, 0.2) is 18.2 Å². The Bertz CT molecular complexity index is 814. The molecule has 0 aliphatic carbocycles. The second-order valence-corrected chi connectivity index (χ2v) is 9.56. The molecule has 3 atom stereocenters. The lowest BCUT2D eigenvalue weighted by atomic mass is 9.83. The standard InChI is InChI=1S/C25H39N3O5/c1-3-16(4-2)14-27(25(33)22(30)15-29)10-11-28-18-8-9-19(28)13-17(12-18)20-6-5-7-21(23(20)31)24(26)32/h5-7,16-19,22,29-31H,3-4,8-15H2,1-2H3,(H2,26,32). The van der Waals surface area contributed by atoms with Crippen LogP contribution in [-0.4, -0.2) is 81.4 Å². The van der Waals surface area contributed by atoms with E-state index in [1.807, 2.05) is 6.07 Å². The molecule has 2 heterocycles. The number of aromatic hydroxyl groups is 1. The zero-order valence-corrected chi connectivity index (χ0v) is 19.8. The van der Waals surface area contributed by atoms with Crippen molar-refractivity contribution >= 4 is 11.8 Å². The van der Waals surface area contributed by atoms with E-state index in [1.54, 1.807) is 17.0 Å². The van der Waals surface area contributed by atoms with Gasteiger partial charge in [-0.15, -0.1) is 0 Å². The van der Waals surface area contributed by atoms with Gasteiger partial charge in [-0.3, -0.25) is 14.5 Å². The predicted octanol–water partition coefficient (Wildman–Crippen LogP) is 1.82. The van der Waals surface area contributed by atoms with Crippen LogP contribution in [0.25, 0.3) is 0 Å². The van der Waals surface area contributed by atoms with Crippen LogP contribution in [0, 0.1) is 5.92 Å². The van der Waals surface area contributed by atoms with Gasteiger partial charge in [-0.1, -0.05) is 38.8 Å². The van der Waals surface area contributed by atoms with Gasteiger partial charge in [0.2, 0.25) is 0 Å². The van der Waals surface area contributed by atoms with Gasteiger partial charge in [0.15, 0.2) is 6.10 Å². The molecule has 184 valence electrons. The zero-order chi connectivity index (χ0) is 24.1. The normalized spacial score (nSPS) is 23.6. The number of nitrogens with two attached hydrogens (primary N) is 1. The molecule has 2 aliphatic heterocycles. The lowest BCUT2D eigenvalue weighted by Crippen LogP contribution is -2.50. The number of phenols is 1. The van der Waals surface area contributed by atoms with Crippen LogP contribution < -0.4 is 5.73 Å². The Morgan fingerprint density at radius 1 is 1.18 bits per heavy atom.